The molecule has 0 saturated heterocycles. The Morgan fingerprint density at radius 3 is 2.76 bits per heavy atom. The number of nitrogens with zero attached hydrogens (tertiary/aromatic N) is 1. The van der Waals surface area contributed by atoms with Crippen LogP contribution in [-0.2, 0) is 6.54 Å². The summed E-state index contributed by atoms with van der Waals surface area (Å²) in [6.45, 7) is 3.33. The molecule has 0 amide bonds. The van der Waals surface area contributed by atoms with Crippen molar-refractivity contribution in [2.24, 2.45) is 0 Å². The summed E-state index contributed by atoms with van der Waals surface area (Å²) in [7, 11) is 2.02. The predicted octanol–water partition coefficient (Wildman–Crippen LogP) is 4.51. The Morgan fingerprint density at radius 1 is 1.38 bits per heavy atom. The van der Waals surface area contributed by atoms with Gasteiger partial charge >= 0.3 is 0 Å². The van der Waals surface area contributed by atoms with E-state index in [0.29, 0.717) is 17.5 Å². The van der Waals surface area contributed by atoms with Gasteiger partial charge in [0.1, 0.15) is 5.82 Å². The van der Waals surface area contributed by atoms with E-state index in [0.717, 1.165) is 17.6 Å². The van der Waals surface area contributed by atoms with E-state index in [1.54, 1.807) is 30.4 Å². The summed E-state index contributed by atoms with van der Waals surface area (Å²) in [5.41, 5.74) is 1.25. The van der Waals surface area contributed by atoms with Gasteiger partial charge in [-0.1, -0.05) is 12.1 Å². The zero-order valence-electron chi connectivity index (χ0n) is 12.1. The molecule has 2 rings (SSSR count). The number of hydrogen-bond donors (Lipinski definition) is 1. The molecule has 0 spiro atoms. The van der Waals surface area contributed by atoms with Gasteiger partial charge in [-0.05, 0) is 59.6 Å². The second-order valence-electron chi connectivity index (χ2n) is 5.28. The van der Waals surface area contributed by atoms with Gasteiger partial charge in [-0.2, -0.15) is 0 Å². The van der Waals surface area contributed by atoms with Crippen molar-refractivity contribution in [1.29, 1.82) is 0 Å². The van der Waals surface area contributed by atoms with Crippen LogP contribution in [0, 0.1) is 12.7 Å². The van der Waals surface area contributed by atoms with E-state index in [9.17, 15) is 9.50 Å². The lowest BCUT2D eigenvalue weighted by molar-refractivity contribution is 0.147. The summed E-state index contributed by atoms with van der Waals surface area (Å²) < 4.78 is 14.6. The zero-order valence-corrected chi connectivity index (χ0v) is 14.5. The number of aliphatic hydroxyl groups is 1. The van der Waals surface area contributed by atoms with Crippen LogP contribution in [0.5, 0.6) is 0 Å². The fourth-order valence-electron chi connectivity index (χ4n) is 2.11. The second-order valence-corrected chi connectivity index (χ2v) is 7.19. The Hall–Kier alpha value is -0.750. The van der Waals surface area contributed by atoms with E-state index in [-0.39, 0.29) is 5.82 Å². The van der Waals surface area contributed by atoms with Crippen molar-refractivity contribution in [3.05, 3.63) is 55.9 Å². The Balaban J connectivity index is 1.85. The Labute approximate surface area is 137 Å². The highest BCUT2D eigenvalue weighted by Gasteiger charge is 2.11. The molecule has 2 nitrogen and oxygen atoms in total. The topological polar surface area (TPSA) is 23.5 Å². The molecule has 0 aliphatic heterocycles. The van der Waals surface area contributed by atoms with Crippen LogP contribution in [0.4, 0.5) is 4.39 Å². The summed E-state index contributed by atoms with van der Waals surface area (Å²) in [5.74, 6) is -0.261. The first-order valence-electron chi connectivity index (χ1n) is 6.81. The quantitative estimate of drug-likeness (QED) is 0.806. The first-order valence-corrected chi connectivity index (χ1v) is 8.48. The van der Waals surface area contributed by atoms with E-state index >= 15 is 0 Å². The molecule has 2 aromatic rings. The number of thiophene rings is 1. The third-order valence-corrected chi connectivity index (χ3v) is 5.09. The van der Waals surface area contributed by atoms with Crippen LogP contribution in [0.25, 0.3) is 0 Å². The molecule has 114 valence electrons. The van der Waals surface area contributed by atoms with Crippen LogP contribution in [0.3, 0.4) is 0 Å². The van der Waals surface area contributed by atoms with Gasteiger partial charge in [0.05, 0.1) is 6.10 Å². The molecule has 0 aliphatic rings. The lowest BCUT2D eigenvalue weighted by Crippen LogP contribution is -2.20. The van der Waals surface area contributed by atoms with Gasteiger partial charge in [-0.15, -0.1) is 11.3 Å². The molecule has 0 radical (unpaired) electrons. The Morgan fingerprint density at radius 2 is 2.14 bits per heavy atom. The van der Waals surface area contributed by atoms with Crippen molar-refractivity contribution >= 4 is 27.3 Å². The third kappa shape index (κ3) is 4.88. The van der Waals surface area contributed by atoms with Crippen LogP contribution >= 0.6 is 27.3 Å². The van der Waals surface area contributed by atoms with Gasteiger partial charge in [0, 0.05) is 27.8 Å². The predicted molar refractivity (Wildman–Crippen MR) is 89.1 cm³/mol. The first kappa shape index (κ1) is 16.6. The van der Waals surface area contributed by atoms with Crippen molar-refractivity contribution in [2.45, 2.75) is 26.0 Å². The van der Waals surface area contributed by atoms with Gasteiger partial charge < -0.3 is 10.0 Å². The molecular formula is C16H19BrFNOS. The molecule has 0 fully saturated rings. The largest absolute Gasteiger partial charge is 0.388 e. The minimum Gasteiger partial charge on any atom is -0.388 e. The molecule has 1 unspecified atom stereocenters. The van der Waals surface area contributed by atoms with E-state index in [4.69, 9.17) is 0 Å². The molecule has 0 bridgehead atoms. The normalized spacial score (nSPS) is 12.9. The molecule has 1 heterocycles. The van der Waals surface area contributed by atoms with Gasteiger partial charge in [0.25, 0.3) is 0 Å². The highest BCUT2D eigenvalue weighted by atomic mass is 79.9. The molecule has 21 heavy (non-hydrogen) atoms. The summed E-state index contributed by atoms with van der Waals surface area (Å²) in [4.78, 5) is 3.44. The van der Waals surface area contributed by atoms with Gasteiger partial charge in [0.2, 0.25) is 0 Å². The van der Waals surface area contributed by atoms with Gasteiger partial charge in [-0.25, -0.2) is 4.39 Å². The summed E-state index contributed by atoms with van der Waals surface area (Å²) in [6.07, 6.45) is -0.0384. The van der Waals surface area contributed by atoms with Crippen LogP contribution in [-0.4, -0.2) is 23.6 Å². The Kier molecular flexibility index (Phi) is 5.93. The van der Waals surface area contributed by atoms with Crippen LogP contribution in [0.2, 0.25) is 0 Å². The van der Waals surface area contributed by atoms with Crippen molar-refractivity contribution in [3.8, 4) is 0 Å². The number of rotatable bonds is 6. The SMILES string of the molecule is Cc1ccc(C(O)CCN(C)Cc2cc(Br)cs2)cc1F. The lowest BCUT2D eigenvalue weighted by atomic mass is 10.0. The summed E-state index contributed by atoms with van der Waals surface area (Å²) in [6, 6.07) is 7.03. The maximum absolute atomic E-state index is 13.5. The fraction of sp³-hybridized carbons (Fsp3) is 0.375. The van der Waals surface area contributed by atoms with E-state index in [1.807, 2.05) is 7.05 Å². The van der Waals surface area contributed by atoms with Gasteiger partial charge in [0.15, 0.2) is 0 Å². The average molecular weight is 372 g/mol. The first-order chi connectivity index (χ1) is 9.95. The minimum absolute atomic E-state index is 0.261. The number of aliphatic hydroxyl groups excluding tert-OH is 1. The van der Waals surface area contributed by atoms with Crippen molar-refractivity contribution < 1.29 is 9.50 Å². The fourth-order valence-corrected chi connectivity index (χ4v) is 3.64. The van der Waals surface area contributed by atoms with Gasteiger partial charge in [-0.3, -0.25) is 0 Å². The highest BCUT2D eigenvalue weighted by Crippen LogP contribution is 2.22. The van der Waals surface area contributed by atoms with E-state index in [1.165, 1.54) is 10.9 Å². The molecule has 1 aromatic carbocycles. The number of aryl methyl sites for hydroxylation is 1. The molecular weight excluding hydrogens is 353 g/mol. The van der Waals surface area contributed by atoms with E-state index < -0.39 is 6.10 Å². The zero-order chi connectivity index (χ0) is 15.4. The summed E-state index contributed by atoms with van der Waals surface area (Å²) >= 11 is 5.16. The third-order valence-electron chi connectivity index (χ3n) is 3.41. The second kappa shape index (κ2) is 7.49. The van der Waals surface area contributed by atoms with Crippen LogP contribution < -0.4 is 0 Å². The number of hydrogen-bond acceptors (Lipinski definition) is 3. The van der Waals surface area contributed by atoms with Crippen molar-refractivity contribution in [2.75, 3.05) is 13.6 Å². The van der Waals surface area contributed by atoms with E-state index in [2.05, 4.69) is 32.3 Å². The minimum atomic E-state index is -0.627. The smallest absolute Gasteiger partial charge is 0.126 e. The molecule has 0 saturated carbocycles. The van der Waals surface area contributed by atoms with Crippen LogP contribution in [0.1, 0.15) is 28.5 Å². The maximum Gasteiger partial charge on any atom is 0.126 e. The van der Waals surface area contributed by atoms with Crippen LogP contribution in [0.15, 0.2) is 34.1 Å². The average Bonchev–Trinajstić information content (AvgIpc) is 2.84. The molecule has 1 aromatic heterocycles. The summed E-state index contributed by atoms with van der Waals surface area (Å²) in [5, 5.41) is 12.2. The van der Waals surface area contributed by atoms with Crippen molar-refractivity contribution in [3.63, 3.8) is 0 Å². The monoisotopic (exact) mass is 371 g/mol. The molecule has 5 heteroatoms. The Bertz CT molecular complexity index is 602. The van der Waals surface area contributed by atoms with Crippen molar-refractivity contribution in [1.82, 2.24) is 4.90 Å². The highest BCUT2D eigenvalue weighted by molar-refractivity contribution is 9.10. The standard InChI is InChI=1S/C16H19BrFNOS/c1-11-3-4-12(7-15(11)18)16(20)5-6-19(2)9-14-8-13(17)10-21-14/h3-4,7-8,10,16,20H,5-6,9H2,1-2H3. The number of benzene rings is 1. The number of halogens is 2. The maximum atomic E-state index is 13.5. The molecule has 1 atom stereocenters. The molecule has 0 aliphatic carbocycles. The lowest BCUT2D eigenvalue weighted by Gasteiger charge is -2.18. The molecule has 1 N–H and O–H groups in total.